The van der Waals surface area contributed by atoms with Crippen molar-refractivity contribution in [2.75, 3.05) is 11.9 Å². The van der Waals surface area contributed by atoms with Crippen LogP contribution in [0.1, 0.15) is 23.9 Å². The summed E-state index contributed by atoms with van der Waals surface area (Å²) in [7, 11) is 0. The average Bonchev–Trinajstić information content (AvgIpc) is 2.40. The molecule has 0 radical (unpaired) electrons. The van der Waals surface area contributed by atoms with Crippen molar-refractivity contribution in [3.8, 4) is 11.3 Å². The largest absolute Gasteiger partial charge is 0.451 e. The van der Waals surface area contributed by atoms with Gasteiger partial charge in [0.15, 0.2) is 0 Å². The first-order valence-corrected chi connectivity index (χ1v) is 6.59. The van der Waals surface area contributed by atoms with Crippen LogP contribution in [-0.2, 0) is 6.18 Å². The molecular formula is C15H16F3N3. The maximum atomic E-state index is 12.9. The fourth-order valence-electron chi connectivity index (χ4n) is 2.00. The second-order valence-electron chi connectivity index (χ2n) is 4.81. The first-order valence-electron chi connectivity index (χ1n) is 6.59. The van der Waals surface area contributed by atoms with Crippen LogP contribution in [0.5, 0.6) is 0 Å². The molecule has 0 saturated carbocycles. The molecule has 1 N–H and O–H groups in total. The maximum absolute atomic E-state index is 12.9. The summed E-state index contributed by atoms with van der Waals surface area (Å²) in [5.74, 6) is -0.951. The van der Waals surface area contributed by atoms with Crippen LogP contribution in [0.4, 0.5) is 19.0 Å². The summed E-state index contributed by atoms with van der Waals surface area (Å²) < 4.78 is 38.8. The standard InChI is InChI=1S/C15H16F3N3/c1-4-19-13-8-12(20-14(21-13)15(16,17)18)11-7-9(2)5-6-10(11)3/h5-8H,4H2,1-3H3,(H,19,20,21). The summed E-state index contributed by atoms with van der Waals surface area (Å²) in [6.07, 6.45) is -4.57. The summed E-state index contributed by atoms with van der Waals surface area (Å²) in [4.78, 5) is 7.21. The van der Waals surface area contributed by atoms with E-state index in [9.17, 15) is 13.2 Å². The second-order valence-corrected chi connectivity index (χ2v) is 4.81. The summed E-state index contributed by atoms with van der Waals surface area (Å²) in [5, 5.41) is 2.81. The molecule has 0 saturated heterocycles. The lowest BCUT2D eigenvalue weighted by molar-refractivity contribution is -0.144. The number of hydrogen-bond acceptors (Lipinski definition) is 3. The molecule has 0 unspecified atom stereocenters. The van der Waals surface area contributed by atoms with Gasteiger partial charge in [0, 0.05) is 18.2 Å². The van der Waals surface area contributed by atoms with E-state index in [1.165, 1.54) is 0 Å². The van der Waals surface area contributed by atoms with Gasteiger partial charge in [0.1, 0.15) is 5.82 Å². The van der Waals surface area contributed by atoms with Gasteiger partial charge in [-0.15, -0.1) is 0 Å². The fourth-order valence-corrected chi connectivity index (χ4v) is 2.00. The third kappa shape index (κ3) is 3.51. The van der Waals surface area contributed by atoms with Crippen LogP contribution in [0.3, 0.4) is 0 Å². The van der Waals surface area contributed by atoms with Crippen LogP contribution in [0.25, 0.3) is 11.3 Å². The van der Waals surface area contributed by atoms with Gasteiger partial charge in [0.25, 0.3) is 0 Å². The predicted octanol–water partition coefficient (Wildman–Crippen LogP) is 4.21. The van der Waals surface area contributed by atoms with Gasteiger partial charge in [-0.1, -0.05) is 17.7 Å². The third-order valence-corrected chi connectivity index (χ3v) is 3.01. The first-order chi connectivity index (χ1) is 9.81. The molecular weight excluding hydrogens is 279 g/mol. The minimum Gasteiger partial charge on any atom is -0.370 e. The lowest BCUT2D eigenvalue weighted by Crippen LogP contribution is -2.14. The van der Waals surface area contributed by atoms with Crippen molar-refractivity contribution >= 4 is 5.82 Å². The number of nitrogens with one attached hydrogen (secondary N) is 1. The number of benzene rings is 1. The van der Waals surface area contributed by atoms with Crippen molar-refractivity contribution < 1.29 is 13.2 Å². The topological polar surface area (TPSA) is 37.8 Å². The molecule has 0 bridgehead atoms. The van der Waals surface area contributed by atoms with Gasteiger partial charge >= 0.3 is 6.18 Å². The Morgan fingerprint density at radius 2 is 1.81 bits per heavy atom. The molecule has 6 heteroatoms. The van der Waals surface area contributed by atoms with Crippen molar-refractivity contribution in [1.82, 2.24) is 9.97 Å². The van der Waals surface area contributed by atoms with Crippen molar-refractivity contribution in [3.63, 3.8) is 0 Å². The smallest absolute Gasteiger partial charge is 0.370 e. The molecule has 0 aliphatic heterocycles. The Bertz CT molecular complexity index is 651. The highest BCUT2D eigenvalue weighted by molar-refractivity contribution is 5.67. The van der Waals surface area contributed by atoms with Gasteiger partial charge in [-0.25, -0.2) is 9.97 Å². The Hall–Kier alpha value is -2.11. The highest BCUT2D eigenvalue weighted by Crippen LogP contribution is 2.31. The normalized spacial score (nSPS) is 11.5. The summed E-state index contributed by atoms with van der Waals surface area (Å²) >= 11 is 0. The Morgan fingerprint density at radius 3 is 2.43 bits per heavy atom. The quantitative estimate of drug-likeness (QED) is 0.921. The highest BCUT2D eigenvalue weighted by Gasteiger charge is 2.35. The monoisotopic (exact) mass is 295 g/mol. The fraction of sp³-hybridized carbons (Fsp3) is 0.333. The molecule has 0 atom stereocenters. The molecule has 2 aromatic rings. The van der Waals surface area contributed by atoms with Crippen LogP contribution in [0.15, 0.2) is 24.3 Å². The van der Waals surface area contributed by atoms with Crippen molar-refractivity contribution in [3.05, 3.63) is 41.2 Å². The van der Waals surface area contributed by atoms with E-state index in [0.29, 0.717) is 12.1 Å². The molecule has 0 spiro atoms. The number of aromatic nitrogens is 2. The molecule has 112 valence electrons. The SMILES string of the molecule is CCNc1cc(-c2cc(C)ccc2C)nc(C(F)(F)F)n1. The van der Waals surface area contributed by atoms with Gasteiger partial charge in [0.05, 0.1) is 5.69 Å². The van der Waals surface area contributed by atoms with E-state index in [2.05, 4.69) is 15.3 Å². The number of anilines is 1. The summed E-state index contributed by atoms with van der Waals surface area (Å²) in [5.41, 5.74) is 2.79. The van der Waals surface area contributed by atoms with Gasteiger partial charge < -0.3 is 5.32 Å². The average molecular weight is 295 g/mol. The van der Waals surface area contributed by atoms with E-state index in [0.717, 1.165) is 11.1 Å². The van der Waals surface area contributed by atoms with E-state index < -0.39 is 12.0 Å². The lowest BCUT2D eigenvalue weighted by atomic mass is 10.0. The highest BCUT2D eigenvalue weighted by atomic mass is 19.4. The number of nitrogens with zero attached hydrogens (tertiary/aromatic N) is 2. The van der Waals surface area contributed by atoms with Crippen molar-refractivity contribution in [1.29, 1.82) is 0 Å². The molecule has 0 fully saturated rings. The summed E-state index contributed by atoms with van der Waals surface area (Å²) in [6, 6.07) is 7.15. The van der Waals surface area contributed by atoms with E-state index in [1.807, 2.05) is 32.0 Å². The molecule has 1 heterocycles. The second kappa shape index (κ2) is 5.71. The Kier molecular flexibility index (Phi) is 4.16. The minimum atomic E-state index is -4.57. The van der Waals surface area contributed by atoms with Crippen LogP contribution >= 0.6 is 0 Å². The van der Waals surface area contributed by atoms with E-state index in [-0.39, 0.29) is 11.5 Å². The molecule has 1 aromatic carbocycles. The van der Waals surface area contributed by atoms with Gasteiger partial charge in [-0.3, -0.25) is 0 Å². The Balaban J connectivity index is 2.62. The van der Waals surface area contributed by atoms with Crippen LogP contribution < -0.4 is 5.32 Å². The predicted molar refractivity (Wildman–Crippen MR) is 76.1 cm³/mol. The number of aryl methyl sites for hydroxylation is 2. The molecule has 0 aliphatic rings. The van der Waals surface area contributed by atoms with Crippen LogP contribution in [0.2, 0.25) is 0 Å². The number of alkyl halides is 3. The van der Waals surface area contributed by atoms with Gasteiger partial charge in [0.2, 0.25) is 5.82 Å². The maximum Gasteiger partial charge on any atom is 0.451 e. The van der Waals surface area contributed by atoms with E-state index >= 15 is 0 Å². The number of halogens is 3. The molecule has 0 amide bonds. The molecule has 3 nitrogen and oxygen atoms in total. The zero-order valence-electron chi connectivity index (χ0n) is 12.0. The zero-order chi connectivity index (χ0) is 15.6. The first kappa shape index (κ1) is 15.3. The lowest BCUT2D eigenvalue weighted by Gasteiger charge is -2.12. The van der Waals surface area contributed by atoms with Crippen LogP contribution in [-0.4, -0.2) is 16.5 Å². The van der Waals surface area contributed by atoms with Gasteiger partial charge in [-0.05, 0) is 32.4 Å². The van der Waals surface area contributed by atoms with E-state index in [4.69, 9.17) is 0 Å². The third-order valence-electron chi connectivity index (χ3n) is 3.01. The number of rotatable bonds is 3. The molecule has 2 rings (SSSR count). The Labute approximate surface area is 121 Å². The van der Waals surface area contributed by atoms with Gasteiger partial charge in [-0.2, -0.15) is 13.2 Å². The minimum absolute atomic E-state index is 0.177. The van der Waals surface area contributed by atoms with Crippen molar-refractivity contribution in [2.24, 2.45) is 0 Å². The molecule has 21 heavy (non-hydrogen) atoms. The molecule has 0 aliphatic carbocycles. The summed E-state index contributed by atoms with van der Waals surface area (Å²) in [6.45, 7) is 6.02. The zero-order valence-corrected chi connectivity index (χ0v) is 12.0. The molecule has 1 aromatic heterocycles. The van der Waals surface area contributed by atoms with Crippen molar-refractivity contribution in [2.45, 2.75) is 26.9 Å². The number of hydrogen-bond donors (Lipinski definition) is 1. The van der Waals surface area contributed by atoms with E-state index in [1.54, 1.807) is 13.0 Å². The van der Waals surface area contributed by atoms with Crippen LogP contribution in [0, 0.1) is 13.8 Å². The Morgan fingerprint density at radius 1 is 1.10 bits per heavy atom.